The Labute approximate surface area is 184 Å². The molecule has 1 unspecified atom stereocenters. The number of hydrogen-bond donors (Lipinski definition) is 1. The topological polar surface area (TPSA) is 129 Å². The fourth-order valence-electron chi connectivity index (χ4n) is 3.37. The van der Waals surface area contributed by atoms with Crippen LogP contribution in [0.15, 0.2) is 34.3 Å². The Balaban J connectivity index is 1.30. The van der Waals surface area contributed by atoms with Crippen LogP contribution in [0.3, 0.4) is 0 Å². The molecule has 0 aliphatic carbocycles. The van der Waals surface area contributed by atoms with Gasteiger partial charge in [0.25, 0.3) is 0 Å². The number of nitrogens with one attached hydrogen (secondary N) is 1. The van der Waals surface area contributed by atoms with E-state index in [1.54, 1.807) is 16.8 Å². The van der Waals surface area contributed by atoms with Gasteiger partial charge in [0, 0.05) is 25.4 Å². The molecule has 0 spiro atoms. The molecule has 1 aromatic carbocycles. The summed E-state index contributed by atoms with van der Waals surface area (Å²) in [7, 11) is -3.56. The third-order valence-corrected chi connectivity index (χ3v) is 7.85. The van der Waals surface area contributed by atoms with Crippen LogP contribution >= 0.6 is 11.8 Å². The summed E-state index contributed by atoms with van der Waals surface area (Å²) in [6.45, 7) is 2.78. The van der Waals surface area contributed by atoms with E-state index in [9.17, 15) is 13.2 Å². The monoisotopic (exact) mass is 468 g/mol. The molecule has 2 saturated heterocycles. The molecular formula is C18H24N6O5S2. The Morgan fingerprint density at radius 2 is 1.97 bits per heavy atom. The molecule has 1 aromatic heterocycles. The van der Waals surface area contributed by atoms with Gasteiger partial charge in [-0.25, -0.2) is 13.1 Å². The number of amides is 1. The summed E-state index contributed by atoms with van der Waals surface area (Å²) in [5.41, 5.74) is 0.519. The van der Waals surface area contributed by atoms with Gasteiger partial charge in [0.15, 0.2) is 0 Å². The third-order valence-electron chi connectivity index (χ3n) is 4.98. The van der Waals surface area contributed by atoms with E-state index in [1.165, 1.54) is 28.2 Å². The lowest BCUT2D eigenvalue weighted by Crippen LogP contribution is -2.40. The van der Waals surface area contributed by atoms with Crippen LogP contribution in [0.1, 0.15) is 12.8 Å². The Bertz CT molecular complexity index is 985. The van der Waals surface area contributed by atoms with Crippen LogP contribution in [-0.4, -0.2) is 83.6 Å². The lowest BCUT2D eigenvalue weighted by Gasteiger charge is -2.26. The van der Waals surface area contributed by atoms with Crippen LogP contribution < -0.4 is 5.32 Å². The van der Waals surface area contributed by atoms with E-state index in [2.05, 4.69) is 20.8 Å². The first-order chi connectivity index (χ1) is 15.0. The van der Waals surface area contributed by atoms with Crippen molar-refractivity contribution in [2.24, 2.45) is 0 Å². The number of aromatic nitrogens is 4. The molecule has 2 aliphatic heterocycles. The molecule has 2 aliphatic rings. The summed E-state index contributed by atoms with van der Waals surface area (Å²) < 4.78 is 39.2. The maximum Gasteiger partial charge on any atom is 0.243 e. The number of tetrazole rings is 1. The first-order valence-corrected chi connectivity index (χ1v) is 12.4. The molecule has 13 heteroatoms. The molecule has 0 bridgehead atoms. The Morgan fingerprint density at radius 3 is 2.68 bits per heavy atom. The molecule has 168 valence electrons. The number of hydrogen-bond acceptors (Lipinski definition) is 9. The van der Waals surface area contributed by atoms with Crippen molar-refractivity contribution < 1.29 is 22.7 Å². The largest absolute Gasteiger partial charge is 0.379 e. The van der Waals surface area contributed by atoms with Crippen molar-refractivity contribution in [2.45, 2.75) is 35.5 Å². The zero-order chi connectivity index (χ0) is 21.7. The van der Waals surface area contributed by atoms with Crippen LogP contribution in [0.5, 0.6) is 0 Å². The zero-order valence-electron chi connectivity index (χ0n) is 16.8. The van der Waals surface area contributed by atoms with Crippen LogP contribution in [0, 0.1) is 0 Å². The number of thioether (sulfide) groups is 1. The number of sulfonamides is 1. The molecule has 2 aromatic rings. The van der Waals surface area contributed by atoms with Gasteiger partial charge in [0.1, 0.15) is 0 Å². The standard InChI is InChI=1S/C18H24N6O5S2/c25-17(13-30-18-20-21-22-24(18)12-15-2-1-9-29-15)19-14-3-5-16(6-4-14)31(26,27)23-7-10-28-11-8-23/h3-6,15H,1-2,7-13H2,(H,19,25). The summed E-state index contributed by atoms with van der Waals surface area (Å²) in [4.78, 5) is 12.5. The molecular weight excluding hydrogens is 444 g/mol. The highest BCUT2D eigenvalue weighted by Gasteiger charge is 2.26. The van der Waals surface area contributed by atoms with Crippen LogP contribution in [-0.2, 0) is 30.8 Å². The first kappa shape index (κ1) is 22.1. The normalized spacial score (nSPS) is 20.1. The predicted octanol–water partition coefficient (Wildman–Crippen LogP) is 0.604. The second kappa shape index (κ2) is 10.0. The van der Waals surface area contributed by atoms with E-state index >= 15 is 0 Å². The van der Waals surface area contributed by atoms with E-state index in [0.29, 0.717) is 43.7 Å². The van der Waals surface area contributed by atoms with Gasteiger partial charge < -0.3 is 14.8 Å². The van der Waals surface area contributed by atoms with E-state index < -0.39 is 10.0 Å². The molecule has 3 heterocycles. The van der Waals surface area contributed by atoms with Crippen LogP contribution in [0.4, 0.5) is 5.69 Å². The minimum atomic E-state index is -3.56. The van der Waals surface area contributed by atoms with E-state index in [1.807, 2.05) is 0 Å². The number of anilines is 1. The number of ether oxygens (including phenoxy) is 2. The van der Waals surface area contributed by atoms with Gasteiger partial charge in [-0.3, -0.25) is 4.79 Å². The quantitative estimate of drug-likeness (QED) is 0.554. The number of rotatable bonds is 8. The van der Waals surface area contributed by atoms with Crippen LogP contribution in [0.2, 0.25) is 0 Å². The van der Waals surface area contributed by atoms with Gasteiger partial charge in [-0.15, -0.1) is 5.10 Å². The zero-order valence-corrected chi connectivity index (χ0v) is 18.5. The van der Waals surface area contributed by atoms with Crippen molar-refractivity contribution in [3.8, 4) is 0 Å². The summed E-state index contributed by atoms with van der Waals surface area (Å²) in [6.07, 6.45) is 2.11. The minimum absolute atomic E-state index is 0.101. The molecule has 11 nitrogen and oxygen atoms in total. The second-order valence-corrected chi connectivity index (χ2v) is 10.0. The molecule has 0 radical (unpaired) electrons. The maximum atomic E-state index is 12.7. The Hall–Kier alpha value is -2.06. The van der Waals surface area contributed by atoms with E-state index in [4.69, 9.17) is 9.47 Å². The highest BCUT2D eigenvalue weighted by Crippen LogP contribution is 2.21. The third kappa shape index (κ3) is 5.60. The Morgan fingerprint density at radius 1 is 1.19 bits per heavy atom. The van der Waals surface area contributed by atoms with Gasteiger partial charge >= 0.3 is 0 Å². The number of carbonyl (C=O) groups is 1. The van der Waals surface area contributed by atoms with Crippen molar-refractivity contribution in [1.29, 1.82) is 0 Å². The minimum Gasteiger partial charge on any atom is -0.379 e. The van der Waals surface area contributed by atoms with Gasteiger partial charge in [0.2, 0.25) is 21.1 Å². The van der Waals surface area contributed by atoms with Crippen molar-refractivity contribution in [3.63, 3.8) is 0 Å². The molecule has 1 N–H and O–H groups in total. The smallest absolute Gasteiger partial charge is 0.243 e. The van der Waals surface area contributed by atoms with Crippen molar-refractivity contribution in [1.82, 2.24) is 24.5 Å². The SMILES string of the molecule is O=C(CSc1nnnn1CC1CCCO1)Nc1ccc(S(=O)(=O)N2CCOCC2)cc1. The summed E-state index contributed by atoms with van der Waals surface area (Å²) >= 11 is 1.24. The average molecular weight is 469 g/mol. The summed E-state index contributed by atoms with van der Waals surface area (Å²) in [6, 6.07) is 6.15. The second-order valence-electron chi connectivity index (χ2n) is 7.16. The fourth-order valence-corrected chi connectivity index (χ4v) is 5.46. The lowest BCUT2D eigenvalue weighted by molar-refractivity contribution is -0.113. The molecule has 0 saturated carbocycles. The highest BCUT2D eigenvalue weighted by molar-refractivity contribution is 7.99. The number of nitrogens with zero attached hydrogens (tertiary/aromatic N) is 5. The van der Waals surface area contributed by atoms with E-state index in [-0.39, 0.29) is 22.7 Å². The molecule has 1 amide bonds. The average Bonchev–Trinajstić information content (AvgIpc) is 3.46. The number of benzene rings is 1. The maximum absolute atomic E-state index is 12.7. The fraction of sp³-hybridized carbons (Fsp3) is 0.556. The molecule has 31 heavy (non-hydrogen) atoms. The summed E-state index contributed by atoms with van der Waals surface area (Å²) in [5.74, 6) is -0.111. The molecule has 4 rings (SSSR count). The van der Waals surface area contributed by atoms with Gasteiger partial charge in [-0.2, -0.15) is 4.31 Å². The van der Waals surface area contributed by atoms with Crippen molar-refractivity contribution in [2.75, 3.05) is 44.0 Å². The predicted molar refractivity (Wildman–Crippen MR) is 112 cm³/mol. The molecule has 1 atom stereocenters. The number of carbonyl (C=O) groups excluding carboxylic acids is 1. The van der Waals surface area contributed by atoms with E-state index in [0.717, 1.165) is 19.4 Å². The van der Waals surface area contributed by atoms with Gasteiger partial charge in [-0.05, 0) is 47.5 Å². The van der Waals surface area contributed by atoms with Crippen LogP contribution in [0.25, 0.3) is 0 Å². The summed E-state index contributed by atoms with van der Waals surface area (Å²) in [5, 5.41) is 14.9. The number of morpholine rings is 1. The first-order valence-electron chi connectivity index (χ1n) is 10.0. The van der Waals surface area contributed by atoms with Crippen molar-refractivity contribution in [3.05, 3.63) is 24.3 Å². The van der Waals surface area contributed by atoms with Gasteiger partial charge in [-0.1, -0.05) is 11.8 Å². The molecule has 2 fully saturated rings. The Kier molecular flexibility index (Phi) is 7.17. The lowest BCUT2D eigenvalue weighted by atomic mass is 10.2. The highest BCUT2D eigenvalue weighted by atomic mass is 32.2. The van der Waals surface area contributed by atoms with Gasteiger partial charge in [0.05, 0.1) is 36.5 Å². The van der Waals surface area contributed by atoms with Crippen molar-refractivity contribution >= 4 is 33.4 Å².